The van der Waals surface area contributed by atoms with Crippen molar-refractivity contribution in [1.82, 2.24) is 15.7 Å². The van der Waals surface area contributed by atoms with Gasteiger partial charge in [-0.15, -0.1) is 11.3 Å². The van der Waals surface area contributed by atoms with E-state index in [9.17, 15) is 9.59 Å². The summed E-state index contributed by atoms with van der Waals surface area (Å²) in [6, 6.07) is 11.2. The fourth-order valence-electron chi connectivity index (χ4n) is 3.03. The lowest BCUT2D eigenvalue weighted by Crippen LogP contribution is -2.44. The van der Waals surface area contributed by atoms with E-state index in [4.69, 9.17) is 5.21 Å². The van der Waals surface area contributed by atoms with E-state index in [-0.39, 0.29) is 16.8 Å². The van der Waals surface area contributed by atoms with Crippen LogP contribution in [0.15, 0.2) is 36.4 Å². The van der Waals surface area contributed by atoms with Crippen molar-refractivity contribution in [3.8, 4) is 0 Å². The van der Waals surface area contributed by atoms with E-state index in [2.05, 4.69) is 34.3 Å². The standard InChI is InChI=1S/C19H24N4O3S/c1-13(20-18(24)16-7-8-17(27-16)19(25)21-26)14-3-5-15(6-4-14)23-11-9-22(2)10-12-23/h3-8,13,26H,9-12H2,1-2H3,(H,20,24)(H,21,25). The van der Waals surface area contributed by atoms with Gasteiger partial charge in [-0.1, -0.05) is 12.1 Å². The maximum Gasteiger partial charge on any atom is 0.284 e. The highest BCUT2D eigenvalue weighted by Gasteiger charge is 2.17. The largest absolute Gasteiger partial charge is 0.369 e. The average molecular weight is 388 g/mol. The molecule has 1 atom stereocenters. The average Bonchev–Trinajstić information content (AvgIpc) is 3.18. The molecule has 0 bridgehead atoms. The van der Waals surface area contributed by atoms with Crippen LogP contribution in [-0.4, -0.2) is 55.1 Å². The molecule has 7 nitrogen and oxygen atoms in total. The highest BCUT2D eigenvalue weighted by atomic mass is 32.1. The molecule has 2 heterocycles. The number of hydrogen-bond donors (Lipinski definition) is 3. The van der Waals surface area contributed by atoms with E-state index in [0.29, 0.717) is 4.88 Å². The predicted octanol–water partition coefficient (Wildman–Crippen LogP) is 2.11. The van der Waals surface area contributed by atoms with Crippen LogP contribution in [0.3, 0.4) is 0 Å². The van der Waals surface area contributed by atoms with Crippen molar-refractivity contribution in [3.63, 3.8) is 0 Å². The summed E-state index contributed by atoms with van der Waals surface area (Å²) >= 11 is 1.04. The molecule has 3 rings (SSSR count). The highest BCUT2D eigenvalue weighted by Crippen LogP contribution is 2.22. The van der Waals surface area contributed by atoms with E-state index in [1.165, 1.54) is 11.8 Å². The Morgan fingerprint density at radius 3 is 2.19 bits per heavy atom. The minimum atomic E-state index is -0.619. The third-order valence-corrected chi connectivity index (χ3v) is 5.85. The number of thiophene rings is 1. The molecule has 144 valence electrons. The molecule has 27 heavy (non-hydrogen) atoms. The first-order chi connectivity index (χ1) is 13.0. The summed E-state index contributed by atoms with van der Waals surface area (Å²) in [6.45, 7) is 6.09. The summed E-state index contributed by atoms with van der Waals surface area (Å²) < 4.78 is 0. The molecule has 0 saturated carbocycles. The van der Waals surface area contributed by atoms with Gasteiger partial charge in [0.1, 0.15) is 0 Å². The van der Waals surface area contributed by atoms with Gasteiger partial charge in [0.25, 0.3) is 11.8 Å². The van der Waals surface area contributed by atoms with E-state index in [1.807, 2.05) is 19.1 Å². The molecule has 1 saturated heterocycles. The van der Waals surface area contributed by atoms with Crippen molar-refractivity contribution in [1.29, 1.82) is 0 Å². The van der Waals surface area contributed by atoms with Gasteiger partial charge in [0.2, 0.25) is 0 Å². The number of benzene rings is 1. The van der Waals surface area contributed by atoms with Gasteiger partial charge in [0.05, 0.1) is 15.8 Å². The second-order valence-electron chi connectivity index (χ2n) is 6.68. The lowest BCUT2D eigenvalue weighted by atomic mass is 10.1. The molecule has 1 fully saturated rings. The Morgan fingerprint density at radius 1 is 1.00 bits per heavy atom. The minimum Gasteiger partial charge on any atom is -0.369 e. The van der Waals surface area contributed by atoms with Gasteiger partial charge in [0.15, 0.2) is 0 Å². The Balaban J connectivity index is 1.60. The van der Waals surface area contributed by atoms with Gasteiger partial charge in [-0.05, 0) is 43.8 Å². The summed E-state index contributed by atoms with van der Waals surface area (Å²) in [6.07, 6.45) is 0. The number of carbonyl (C=O) groups is 2. The zero-order chi connectivity index (χ0) is 19.4. The van der Waals surface area contributed by atoms with E-state index in [1.54, 1.807) is 11.5 Å². The van der Waals surface area contributed by atoms with Crippen molar-refractivity contribution in [3.05, 3.63) is 51.7 Å². The molecule has 8 heteroatoms. The third-order valence-electron chi connectivity index (χ3n) is 4.76. The van der Waals surface area contributed by atoms with Crippen LogP contribution in [0, 0.1) is 0 Å². The normalized spacial score (nSPS) is 16.0. The molecule has 0 spiro atoms. The number of anilines is 1. The van der Waals surface area contributed by atoms with Crippen molar-refractivity contribution in [2.45, 2.75) is 13.0 Å². The van der Waals surface area contributed by atoms with Crippen LogP contribution in [0.5, 0.6) is 0 Å². The topological polar surface area (TPSA) is 84.9 Å². The number of carbonyl (C=O) groups excluding carboxylic acids is 2. The summed E-state index contributed by atoms with van der Waals surface area (Å²) in [5.74, 6) is -0.862. The first kappa shape index (κ1) is 19.3. The Morgan fingerprint density at radius 2 is 1.59 bits per heavy atom. The molecule has 2 amide bonds. The smallest absolute Gasteiger partial charge is 0.284 e. The molecule has 2 aromatic rings. The van der Waals surface area contributed by atoms with Crippen molar-refractivity contribution < 1.29 is 14.8 Å². The van der Waals surface area contributed by atoms with Crippen LogP contribution in [0.1, 0.15) is 37.9 Å². The third kappa shape index (κ3) is 4.65. The Bertz CT molecular complexity index is 798. The summed E-state index contributed by atoms with van der Waals surface area (Å²) in [5.41, 5.74) is 3.79. The van der Waals surface area contributed by atoms with Gasteiger partial charge in [-0.25, -0.2) is 5.48 Å². The zero-order valence-corrected chi connectivity index (χ0v) is 16.3. The molecule has 0 aliphatic carbocycles. The van der Waals surface area contributed by atoms with Gasteiger partial charge < -0.3 is 15.1 Å². The van der Waals surface area contributed by atoms with Crippen LogP contribution in [-0.2, 0) is 0 Å². The number of hydrogen-bond acceptors (Lipinski definition) is 6. The number of nitrogens with one attached hydrogen (secondary N) is 2. The molecule has 0 radical (unpaired) electrons. The van der Waals surface area contributed by atoms with E-state index >= 15 is 0 Å². The van der Waals surface area contributed by atoms with E-state index < -0.39 is 5.91 Å². The fraction of sp³-hybridized carbons (Fsp3) is 0.368. The fourth-order valence-corrected chi connectivity index (χ4v) is 3.83. The van der Waals surface area contributed by atoms with Crippen molar-refractivity contribution >= 4 is 28.8 Å². The lowest BCUT2D eigenvalue weighted by molar-refractivity contribution is 0.0711. The van der Waals surface area contributed by atoms with Gasteiger partial charge in [-0.3, -0.25) is 14.8 Å². The quantitative estimate of drug-likeness (QED) is 0.540. The molecule has 1 aliphatic heterocycles. The van der Waals surface area contributed by atoms with Crippen LogP contribution in [0.4, 0.5) is 5.69 Å². The van der Waals surface area contributed by atoms with E-state index in [0.717, 1.165) is 43.1 Å². The maximum atomic E-state index is 12.4. The summed E-state index contributed by atoms with van der Waals surface area (Å²) in [7, 11) is 2.14. The molecule has 1 aromatic heterocycles. The maximum absolute atomic E-state index is 12.4. The minimum absolute atomic E-state index is 0.156. The Kier molecular flexibility index (Phi) is 6.10. The van der Waals surface area contributed by atoms with Crippen molar-refractivity contribution in [2.75, 3.05) is 38.1 Å². The number of likely N-dealkylation sites (N-methyl/N-ethyl adjacent to an activating group) is 1. The molecule has 1 aliphatic rings. The number of amides is 2. The summed E-state index contributed by atoms with van der Waals surface area (Å²) in [5, 5.41) is 11.6. The van der Waals surface area contributed by atoms with Gasteiger partial charge in [0, 0.05) is 31.9 Å². The van der Waals surface area contributed by atoms with Crippen molar-refractivity contribution in [2.24, 2.45) is 0 Å². The monoisotopic (exact) mass is 388 g/mol. The Hall–Kier alpha value is -2.42. The predicted molar refractivity (Wildman–Crippen MR) is 106 cm³/mol. The molecule has 1 aromatic carbocycles. The SMILES string of the molecule is CC(NC(=O)c1ccc(C(=O)NO)s1)c1ccc(N2CCN(C)CC2)cc1. The molecular weight excluding hydrogens is 364 g/mol. The Labute approximate surface area is 162 Å². The van der Waals surface area contributed by atoms with Crippen LogP contribution in [0.2, 0.25) is 0 Å². The van der Waals surface area contributed by atoms with Gasteiger partial charge >= 0.3 is 0 Å². The second kappa shape index (κ2) is 8.51. The van der Waals surface area contributed by atoms with Crippen LogP contribution >= 0.6 is 11.3 Å². The van der Waals surface area contributed by atoms with Crippen LogP contribution in [0.25, 0.3) is 0 Å². The highest BCUT2D eigenvalue weighted by molar-refractivity contribution is 7.15. The first-order valence-corrected chi connectivity index (χ1v) is 9.68. The zero-order valence-electron chi connectivity index (χ0n) is 15.4. The number of hydroxylamine groups is 1. The molecule has 1 unspecified atom stereocenters. The number of rotatable bonds is 5. The second-order valence-corrected chi connectivity index (χ2v) is 7.77. The molecule has 3 N–H and O–H groups in total. The number of nitrogens with zero attached hydrogens (tertiary/aromatic N) is 2. The first-order valence-electron chi connectivity index (χ1n) is 8.86. The summed E-state index contributed by atoms with van der Waals surface area (Å²) in [4.78, 5) is 29.2. The lowest BCUT2D eigenvalue weighted by Gasteiger charge is -2.34. The van der Waals surface area contributed by atoms with Gasteiger partial charge in [-0.2, -0.15) is 0 Å². The number of piperazine rings is 1. The van der Waals surface area contributed by atoms with Crippen LogP contribution < -0.4 is 15.7 Å². The molecular formula is C19H24N4O3S.